The molecule has 2 aliphatic rings. The molecular weight excluding hydrogens is 454 g/mol. The Morgan fingerprint density at radius 3 is 2.17 bits per heavy atom. The molecule has 7 nitrogen and oxygen atoms in total. The molecule has 0 saturated carbocycles. The van der Waals surface area contributed by atoms with Gasteiger partial charge in [0.25, 0.3) is 0 Å². The Kier molecular flexibility index (Phi) is 8.99. The van der Waals surface area contributed by atoms with Gasteiger partial charge in [-0.15, -0.1) is 0 Å². The highest BCUT2D eigenvalue weighted by Gasteiger charge is 2.38. The van der Waals surface area contributed by atoms with Gasteiger partial charge in [-0.1, -0.05) is 74.5 Å². The standard InChI is InChI=1S/C29H39N3O4/c1-22(2)21-36-29(35)31-16-17-32(25(19-31)18-30-15-9-14-26(33)20-30)28(34)27(23-10-5-3-6-11-23)24-12-7-4-8-13-24/h3-8,10-13,22,25-27,33H,9,14-21H2,1-2H3. The van der Waals surface area contributed by atoms with E-state index in [4.69, 9.17) is 4.74 Å². The highest BCUT2D eigenvalue weighted by molar-refractivity contribution is 5.87. The van der Waals surface area contributed by atoms with Crippen LogP contribution in [0.2, 0.25) is 0 Å². The third-order valence-electron chi connectivity index (χ3n) is 7.03. The van der Waals surface area contributed by atoms with Gasteiger partial charge in [-0.05, 0) is 36.4 Å². The minimum atomic E-state index is -0.415. The Morgan fingerprint density at radius 2 is 1.58 bits per heavy atom. The Balaban J connectivity index is 1.58. The van der Waals surface area contributed by atoms with Crippen LogP contribution in [0.25, 0.3) is 0 Å². The lowest BCUT2D eigenvalue weighted by Gasteiger charge is -2.45. The van der Waals surface area contributed by atoms with Gasteiger partial charge in [-0.3, -0.25) is 9.69 Å². The summed E-state index contributed by atoms with van der Waals surface area (Å²) < 4.78 is 5.51. The lowest BCUT2D eigenvalue weighted by atomic mass is 9.89. The molecule has 2 saturated heterocycles. The van der Waals surface area contributed by atoms with E-state index >= 15 is 0 Å². The van der Waals surface area contributed by atoms with E-state index in [9.17, 15) is 14.7 Å². The number of hydrogen-bond donors (Lipinski definition) is 1. The predicted octanol–water partition coefficient (Wildman–Crippen LogP) is 3.58. The molecule has 2 aliphatic heterocycles. The molecule has 2 atom stereocenters. The van der Waals surface area contributed by atoms with Crippen molar-refractivity contribution in [2.45, 2.75) is 44.8 Å². The van der Waals surface area contributed by atoms with Crippen molar-refractivity contribution < 1.29 is 19.4 Å². The number of aliphatic hydroxyl groups excluding tert-OH is 1. The normalized spacial score (nSPS) is 21.1. The molecule has 0 aliphatic carbocycles. The molecule has 0 aromatic heterocycles. The van der Waals surface area contributed by atoms with Gasteiger partial charge in [-0.2, -0.15) is 0 Å². The van der Waals surface area contributed by atoms with Gasteiger partial charge in [0.15, 0.2) is 0 Å². The summed E-state index contributed by atoms with van der Waals surface area (Å²) in [6.07, 6.45) is 1.07. The average molecular weight is 494 g/mol. The molecule has 0 spiro atoms. The molecule has 194 valence electrons. The van der Waals surface area contributed by atoms with Crippen molar-refractivity contribution in [2.24, 2.45) is 5.92 Å². The van der Waals surface area contributed by atoms with Gasteiger partial charge in [0.2, 0.25) is 5.91 Å². The van der Waals surface area contributed by atoms with Crippen LogP contribution in [0.3, 0.4) is 0 Å². The maximum atomic E-state index is 14.2. The van der Waals surface area contributed by atoms with Crippen LogP contribution in [0.15, 0.2) is 60.7 Å². The molecule has 2 fully saturated rings. The number of nitrogens with zero attached hydrogens (tertiary/aromatic N) is 3. The van der Waals surface area contributed by atoms with Crippen LogP contribution in [0, 0.1) is 5.92 Å². The Bertz CT molecular complexity index is 945. The SMILES string of the molecule is CC(C)COC(=O)N1CCN(C(=O)C(c2ccccc2)c2ccccc2)C(CN2CCCC(O)C2)C1. The summed E-state index contributed by atoms with van der Waals surface area (Å²) in [6, 6.07) is 19.6. The average Bonchev–Trinajstić information content (AvgIpc) is 2.88. The van der Waals surface area contributed by atoms with E-state index < -0.39 is 5.92 Å². The Labute approximate surface area is 214 Å². The number of piperazine rings is 1. The zero-order chi connectivity index (χ0) is 25.5. The molecule has 2 heterocycles. The lowest BCUT2D eigenvalue weighted by molar-refractivity contribution is -0.137. The van der Waals surface area contributed by atoms with Gasteiger partial charge in [0.1, 0.15) is 0 Å². The first-order valence-corrected chi connectivity index (χ1v) is 13.1. The summed E-state index contributed by atoms with van der Waals surface area (Å²) in [7, 11) is 0. The summed E-state index contributed by atoms with van der Waals surface area (Å²) in [5.41, 5.74) is 1.92. The number of likely N-dealkylation sites (tertiary alicyclic amines) is 1. The van der Waals surface area contributed by atoms with Crippen LogP contribution in [-0.2, 0) is 9.53 Å². The second kappa shape index (κ2) is 12.4. The first-order chi connectivity index (χ1) is 17.4. The van der Waals surface area contributed by atoms with Crippen molar-refractivity contribution in [1.29, 1.82) is 0 Å². The number of benzene rings is 2. The highest BCUT2D eigenvalue weighted by Crippen LogP contribution is 2.29. The fourth-order valence-corrected chi connectivity index (χ4v) is 5.23. The lowest BCUT2D eigenvalue weighted by Crippen LogP contribution is -2.61. The van der Waals surface area contributed by atoms with Gasteiger partial charge >= 0.3 is 6.09 Å². The second-order valence-electron chi connectivity index (χ2n) is 10.4. The van der Waals surface area contributed by atoms with E-state index in [2.05, 4.69) is 4.90 Å². The fraction of sp³-hybridized carbons (Fsp3) is 0.517. The summed E-state index contributed by atoms with van der Waals surface area (Å²) in [6.45, 7) is 7.82. The number of ether oxygens (including phenoxy) is 1. The quantitative estimate of drug-likeness (QED) is 0.638. The number of β-amino-alcohol motifs (C(OH)–C–C–N with tert-alkyl or cyclic N) is 1. The number of aliphatic hydroxyl groups is 1. The Hall–Kier alpha value is -2.90. The molecule has 2 aromatic rings. The second-order valence-corrected chi connectivity index (χ2v) is 10.4. The molecule has 0 radical (unpaired) electrons. The van der Waals surface area contributed by atoms with Crippen molar-refractivity contribution >= 4 is 12.0 Å². The highest BCUT2D eigenvalue weighted by atomic mass is 16.6. The number of carbonyl (C=O) groups is 2. The molecule has 4 rings (SSSR count). The van der Waals surface area contributed by atoms with Crippen molar-refractivity contribution in [3.63, 3.8) is 0 Å². The number of piperidine rings is 1. The van der Waals surface area contributed by atoms with Crippen LogP contribution in [0.5, 0.6) is 0 Å². The van der Waals surface area contributed by atoms with Crippen LogP contribution in [-0.4, -0.2) is 89.8 Å². The largest absolute Gasteiger partial charge is 0.449 e. The maximum absolute atomic E-state index is 14.2. The monoisotopic (exact) mass is 493 g/mol. The Morgan fingerprint density at radius 1 is 0.944 bits per heavy atom. The molecule has 2 aromatic carbocycles. The van der Waals surface area contributed by atoms with E-state index in [0.29, 0.717) is 39.3 Å². The van der Waals surface area contributed by atoms with E-state index in [1.807, 2.05) is 79.4 Å². The minimum Gasteiger partial charge on any atom is -0.449 e. The molecule has 7 heteroatoms. The maximum Gasteiger partial charge on any atom is 0.409 e. The van der Waals surface area contributed by atoms with Gasteiger partial charge in [0, 0.05) is 32.7 Å². The smallest absolute Gasteiger partial charge is 0.409 e. The van der Waals surface area contributed by atoms with E-state index in [1.165, 1.54) is 0 Å². The van der Waals surface area contributed by atoms with Gasteiger partial charge in [0.05, 0.1) is 24.7 Å². The molecular formula is C29H39N3O4. The molecule has 0 bridgehead atoms. The van der Waals surface area contributed by atoms with Crippen molar-refractivity contribution in [3.8, 4) is 0 Å². The molecule has 2 amide bonds. The summed E-state index contributed by atoms with van der Waals surface area (Å²) in [4.78, 5) is 32.9. The number of hydrogen-bond acceptors (Lipinski definition) is 5. The number of carbonyl (C=O) groups excluding carboxylic acids is 2. The zero-order valence-electron chi connectivity index (χ0n) is 21.5. The van der Waals surface area contributed by atoms with Crippen LogP contribution in [0.4, 0.5) is 4.79 Å². The fourth-order valence-electron chi connectivity index (χ4n) is 5.23. The van der Waals surface area contributed by atoms with Crippen molar-refractivity contribution in [3.05, 3.63) is 71.8 Å². The van der Waals surface area contributed by atoms with E-state index in [-0.39, 0.29) is 30.1 Å². The van der Waals surface area contributed by atoms with Crippen LogP contribution >= 0.6 is 0 Å². The molecule has 1 N–H and O–H groups in total. The van der Waals surface area contributed by atoms with E-state index in [1.54, 1.807) is 4.90 Å². The van der Waals surface area contributed by atoms with Gasteiger partial charge < -0.3 is 19.6 Å². The summed E-state index contributed by atoms with van der Waals surface area (Å²) in [5, 5.41) is 10.2. The third kappa shape index (κ3) is 6.65. The first kappa shape index (κ1) is 26.2. The zero-order valence-corrected chi connectivity index (χ0v) is 21.5. The van der Waals surface area contributed by atoms with E-state index in [0.717, 1.165) is 30.5 Å². The van der Waals surface area contributed by atoms with Crippen LogP contribution in [0.1, 0.15) is 43.7 Å². The third-order valence-corrected chi connectivity index (χ3v) is 7.03. The number of rotatable bonds is 7. The first-order valence-electron chi connectivity index (χ1n) is 13.1. The summed E-state index contributed by atoms with van der Waals surface area (Å²) in [5.74, 6) is -0.105. The molecule has 36 heavy (non-hydrogen) atoms. The minimum absolute atomic E-state index is 0.0464. The van der Waals surface area contributed by atoms with Crippen molar-refractivity contribution in [2.75, 3.05) is 45.9 Å². The van der Waals surface area contributed by atoms with Gasteiger partial charge in [-0.25, -0.2) is 4.79 Å². The van der Waals surface area contributed by atoms with Crippen LogP contribution < -0.4 is 0 Å². The molecule has 2 unspecified atom stereocenters. The predicted molar refractivity (Wildman–Crippen MR) is 140 cm³/mol. The number of amides is 2. The topological polar surface area (TPSA) is 73.3 Å². The van der Waals surface area contributed by atoms with Crippen molar-refractivity contribution in [1.82, 2.24) is 14.7 Å². The summed E-state index contributed by atoms with van der Waals surface area (Å²) >= 11 is 0.